The maximum atomic E-state index is 3.16. The van der Waals surface area contributed by atoms with Crippen LogP contribution in [-0.2, 0) is 0 Å². The number of hydrogen-bond acceptors (Lipinski definition) is 3. The predicted octanol–water partition coefficient (Wildman–Crippen LogP) is 2.37. The van der Waals surface area contributed by atoms with Crippen molar-refractivity contribution >= 4 is 5.69 Å². The van der Waals surface area contributed by atoms with E-state index in [9.17, 15) is 0 Å². The van der Waals surface area contributed by atoms with Gasteiger partial charge in [0.05, 0.1) is 0 Å². The van der Waals surface area contributed by atoms with Gasteiger partial charge in [-0.2, -0.15) is 0 Å². The van der Waals surface area contributed by atoms with Gasteiger partial charge in [-0.1, -0.05) is 12.1 Å². The number of nitrogens with one attached hydrogen (secondary N) is 2. The number of rotatable bonds is 2. The Hall–Kier alpha value is -1.06. The van der Waals surface area contributed by atoms with Gasteiger partial charge in [0.2, 0.25) is 0 Å². The molecule has 0 bridgehead atoms. The number of likely N-dealkylation sites (tertiary alicyclic amines) is 1. The van der Waals surface area contributed by atoms with E-state index < -0.39 is 0 Å². The smallest absolute Gasteiger partial charge is 0.0337 e. The average Bonchev–Trinajstić information content (AvgIpc) is 2.40. The summed E-state index contributed by atoms with van der Waals surface area (Å²) in [5, 5.41) is 5.91. The Balaban J connectivity index is 0.000000492. The molecule has 1 heterocycles. The predicted molar refractivity (Wildman–Crippen MR) is 80.4 cm³/mol. The van der Waals surface area contributed by atoms with E-state index in [0.29, 0.717) is 0 Å². The molecule has 1 aliphatic heterocycles. The number of likely N-dealkylation sites (N-methyl/N-ethyl adjacent to an activating group) is 1. The monoisotopic (exact) mass is 249 g/mol. The summed E-state index contributed by atoms with van der Waals surface area (Å²) in [7, 11) is 7.93. The number of hydrogen-bond donors (Lipinski definition) is 2. The van der Waals surface area contributed by atoms with E-state index in [1.54, 1.807) is 0 Å². The lowest BCUT2D eigenvalue weighted by atomic mass is 9.91. The number of anilines is 1. The molecule has 18 heavy (non-hydrogen) atoms. The third-order valence-electron chi connectivity index (χ3n) is 3.30. The van der Waals surface area contributed by atoms with Crippen molar-refractivity contribution in [2.45, 2.75) is 18.8 Å². The molecule has 0 saturated carbocycles. The topological polar surface area (TPSA) is 27.3 Å². The molecular weight excluding hydrogens is 222 g/mol. The van der Waals surface area contributed by atoms with Crippen molar-refractivity contribution < 1.29 is 0 Å². The van der Waals surface area contributed by atoms with E-state index in [2.05, 4.69) is 46.8 Å². The Morgan fingerprint density at radius 2 is 1.72 bits per heavy atom. The van der Waals surface area contributed by atoms with Gasteiger partial charge in [-0.25, -0.2) is 0 Å². The lowest BCUT2D eigenvalue weighted by Crippen LogP contribution is -2.30. The largest absolute Gasteiger partial charge is 0.388 e. The summed E-state index contributed by atoms with van der Waals surface area (Å²) in [4.78, 5) is 2.43. The summed E-state index contributed by atoms with van der Waals surface area (Å²) in [5.41, 5.74) is 2.68. The SMILES string of the molecule is CNC.CNc1ccc(C2CCCN(C)C2)cc1. The lowest BCUT2D eigenvalue weighted by Gasteiger charge is -2.30. The molecule has 3 nitrogen and oxygen atoms in total. The van der Waals surface area contributed by atoms with E-state index >= 15 is 0 Å². The molecule has 2 N–H and O–H groups in total. The second kappa shape index (κ2) is 8.11. The first-order valence-electron chi connectivity index (χ1n) is 6.76. The van der Waals surface area contributed by atoms with Gasteiger partial charge < -0.3 is 15.5 Å². The highest BCUT2D eigenvalue weighted by Gasteiger charge is 2.18. The summed E-state index contributed by atoms with van der Waals surface area (Å²) in [6.07, 6.45) is 2.66. The van der Waals surface area contributed by atoms with Crippen LogP contribution in [0.25, 0.3) is 0 Å². The molecule has 102 valence electrons. The first-order chi connectivity index (χ1) is 8.71. The molecule has 1 fully saturated rings. The Morgan fingerprint density at radius 1 is 1.11 bits per heavy atom. The second-order valence-corrected chi connectivity index (χ2v) is 4.97. The van der Waals surface area contributed by atoms with E-state index in [-0.39, 0.29) is 0 Å². The van der Waals surface area contributed by atoms with Crippen molar-refractivity contribution in [2.24, 2.45) is 0 Å². The highest BCUT2D eigenvalue weighted by molar-refractivity contribution is 5.44. The van der Waals surface area contributed by atoms with Crippen LogP contribution in [0.4, 0.5) is 5.69 Å². The van der Waals surface area contributed by atoms with Crippen LogP contribution in [0.5, 0.6) is 0 Å². The van der Waals surface area contributed by atoms with Crippen molar-refractivity contribution in [1.82, 2.24) is 10.2 Å². The fourth-order valence-corrected chi connectivity index (χ4v) is 2.36. The van der Waals surface area contributed by atoms with Crippen LogP contribution in [0, 0.1) is 0 Å². The average molecular weight is 249 g/mol. The molecule has 0 radical (unpaired) electrons. The van der Waals surface area contributed by atoms with Gasteiger partial charge in [-0.3, -0.25) is 0 Å². The van der Waals surface area contributed by atoms with Crippen molar-refractivity contribution in [1.29, 1.82) is 0 Å². The van der Waals surface area contributed by atoms with E-state index in [4.69, 9.17) is 0 Å². The van der Waals surface area contributed by atoms with Gasteiger partial charge in [0.1, 0.15) is 0 Å². The quantitative estimate of drug-likeness (QED) is 0.842. The normalized spacial score (nSPS) is 19.9. The zero-order chi connectivity index (χ0) is 13.4. The molecule has 0 aliphatic carbocycles. The zero-order valence-electron chi connectivity index (χ0n) is 12.2. The van der Waals surface area contributed by atoms with Crippen LogP contribution >= 0.6 is 0 Å². The molecular formula is C15H27N3. The van der Waals surface area contributed by atoms with E-state index in [1.807, 2.05) is 21.1 Å². The molecule has 0 amide bonds. The third-order valence-corrected chi connectivity index (χ3v) is 3.30. The first-order valence-corrected chi connectivity index (χ1v) is 6.76. The van der Waals surface area contributed by atoms with Crippen LogP contribution < -0.4 is 10.6 Å². The third kappa shape index (κ3) is 4.67. The minimum Gasteiger partial charge on any atom is -0.388 e. The van der Waals surface area contributed by atoms with Crippen molar-refractivity contribution in [3.05, 3.63) is 29.8 Å². The Morgan fingerprint density at radius 3 is 2.22 bits per heavy atom. The number of piperidine rings is 1. The molecule has 1 atom stereocenters. The molecule has 1 saturated heterocycles. The minimum absolute atomic E-state index is 0.731. The first kappa shape index (κ1) is 15.0. The summed E-state index contributed by atoms with van der Waals surface area (Å²) in [6, 6.07) is 8.86. The molecule has 0 aromatic heterocycles. The van der Waals surface area contributed by atoms with Crippen LogP contribution in [0.2, 0.25) is 0 Å². The second-order valence-electron chi connectivity index (χ2n) is 4.97. The van der Waals surface area contributed by atoms with Gasteiger partial charge in [-0.05, 0) is 64.1 Å². The summed E-state index contributed by atoms with van der Waals surface area (Å²) < 4.78 is 0. The molecule has 0 spiro atoms. The summed E-state index contributed by atoms with van der Waals surface area (Å²) in [6.45, 7) is 2.46. The number of benzene rings is 1. The summed E-state index contributed by atoms with van der Waals surface area (Å²) >= 11 is 0. The van der Waals surface area contributed by atoms with E-state index in [0.717, 1.165) is 5.92 Å². The van der Waals surface area contributed by atoms with Crippen LogP contribution in [0.1, 0.15) is 24.3 Å². The molecule has 1 aromatic carbocycles. The van der Waals surface area contributed by atoms with Gasteiger partial charge in [0.25, 0.3) is 0 Å². The Bertz CT molecular complexity index is 321. The standard InChI is InChI=1S/C13H20N2.C2H7N/c1-14-13-7-5-11(6-8-13)12-4-3-9-15(2)10-12;1-3-2/h5-8,12,14H,3-4,9-10H2,1-2H3;3H,1-2H3. The molecule has 3 heteroatoms. The van der Waals surface area contributed by atoms with Crippen molar-refractivity contribution in [3.8, 4) is 0 Å². The molecule has 2 rings (SSSR count). The summed E-state index contributed by atoms with van der Waals surface area (Å²) in [5.74, 6) is 0.731. The van der Waals surface area contributed by atoms with Crippen molar-refractivity contribution in [2.75, 3.05) is 46.6 Å². The van der Waals surface area contributed by atoms with Gasteiger partial charge >= 0.3 is 0 Å². The van der Waals surface area contributed by atoms with Gasteiger partial charge in [-0.15, -0.1) is 0 Å². The van der Waals surface area contributed by atoms with Crippen LogP contribution in [0.3, 0.4) is 0 Å². The fourth-order valence-electron chi connectivity index (χ4n) is 2.36. The van der Waals surface area contributed by atoms with Crippen molar-refractivity contribution in [3.63, 3.8) is 0 Å². The molecule has 1 aromatic rings. The zero-order valence-corrected chi connectivity index (χ0v) is 12.2. The van der Waals surface area contributed by atoms with Crippen LogP contribution in [-0.4, -0.2) is 46.2 Å². The lowest BCUT2D eigenvalue weighted by molar-refractivity contribution is 0.251. The van der Waals surface area contributed by atoms with Gasteiger partial charge in [0, 0.05) is 19.3 Å². The van der Waals surface area contributed by atoms with E-state index in [1.165, 1.54) is 37.2 Å². The number of nitrogens with zero attached hydrogens (tertiary/aromatic N) is 1. The maximum Gasteiger partial charge on any atom is 0.0337 e. The Kier molecular flexibility index (Phi) is 6.76. The molecule has 1 unspecified atom stereocenters. The van der Waals surface area contributed by atoms with Crippen LogP contribution in [0.15, 0.2) is 24.3 Å². The Labute approximate surface area is 112 Å². The fraction of sp³-hybridized carbons (Fsp3) is 0.600. The highest BCUT2D eigenvalue weighted by Crippen LogP contribution is 2.26. The maximum absolute atomic E-state index is 3.16. The highest BCUT2D eigenvalue weighted by atomic mass is 15.1. The molecule has 1 aliphatic rings. The van der Waals surface area contributed by atoms with Gasteiger partial charge in [0.15, 0.2) is 0 Å². The minimum atomic E-state index is 0.731.